The molecule has 1 radical (unpaired) electrons. The van der Waals surface area contributed by atoms with E-state index in [0.717, 1.165) is 16.0 Å². The highest BCUT2D eigenvalue weighted by Gasteiger charge is 2.08. The van der Waals surface area contributed by atoms with Crippen LogP contribution in [0.25, 0.3) is 0 Å². The molecule has 0 fully saturated rings. The van der Waals surface area contributed by atoms with E-state index >= 15 is 0 Å². The van der Waals surface area contributed by atoms with E-state index in [2.05, 4.69) is 20.7 Å². The standard InChI is InChI=1S/C10H10BrF2O/c1-6(2)7-3-8(11)5-9(4-7)14-10(12)13/h3-5,10H,1-2H3. The molecule has 0 aliphatic rings. The van der Waals surface area contributed by atoms with Crippen LogP contribution in [0.4, 0.5) is 8.78 Å². The van der Waals surface area contributed by atoms with Gasteiger partial charge in [-0.2, -0.15) is 8.78 Å². The lowest BCUT2D eigenvalue weighted by atomic mass is 10.0. The molecule has 14 heavy (non-hydrogen) atoms. The molecule has 0 aliphatic carbocycles. The van der Waals surface area contributed by atoms with Gasteiger partial charge >= 0.3 is 6.61 Å². The number of hydrogen-bond acceptors (Lipinski definition) is 1. The van der Waals surface area contributed by atoms with Crippen molar-refractivity contribution in [3.8, 4) is 5.75 Å². The summed E-state index contributed by atoms with van der Waals surface area (Å²) in [6, 6.07) is 4.96. The van der Waals surface area contributed by atoms with Gasteiger partial charge in [-0.3, -0.25) is 0 Å². The summed E-state index contributed by atoms with van der Waals surface area (Å²) in [5.74, 6) is 1.22. The van der Waals surface area contributed by atoms with E-state index in [1.54, 1.807) is 6.07 Å². The Hall–Kier alpha value is -0.640. The third-order valence-corrected chi connectivity index (χ3v) is 2.13. The van der Waals surface area contributed by atoms with Crippen molar-refractivity contribution in [2.75, 3.05) is 0 Å². The highest BCUT2D eigenvalue weighted by atomic mass is 79.9. The Morgan fingerprint density at radius 2 is 1.93 bits per heavy atom. The van der Waals surface area contributed by atoms with Gasteiger partial charge in [0.1, 0.15) is 5.75 Å². The van der Waals surface area contributed by atoms with Crippen molar-refractivity contribution in [2.24, 2.45) is 0 Å². The highest BCUT2D eigenvalue weighted by Crippen LogP contribution is 2.26. The molecule has 0 aromatic heterocycles. The van der Waals surface area contributed by atoms with Crippen molar-refractivity contribution in [3.05, 3.63) is 34.2 Å². The molecular formula is C10H10BrF2O. The number of rotatable bonds is 3. The molecule has 0 N–H and O–H groups in total. The minimum atomic E-state index is -2.78. The number of hydrogen-bond donors (Lipinski definition) is 0. The van der Waals surface area contributed by atoms with Gasteiger partial charge in [-0.15, -0.1) is 0 Å². The van der Waals surface area contributed by atoms with Crippen molar-refractivity contribution >= 4 is 15.9 Å². The Balaban J connectivity index is 2.95. The Kier molecular flexibility index (Phi) is 3.86. The molecule has 1 nitrogen and oxygen atoms in total. The third-order valence-electron chi connectivity index (χ3n) is 1.67. The topological polar surface area (TPSA) is 9.23 Å². The Labute approximate surface area is 90.2 Å². The van der Waals surface area contributed by atoms with Gasteiger partial charge in [0.15, 0.2) is 0 Å². The van der Waals surface area contributed by atoms with Gasteiger partial charge in [0.2, 0.25) is 0 Å². The summed E-state index contributed by atoms with van der Waals surface area (Å²) in [6.45, 7) is 1.04. The maximum atomic E-state index is 11.9. The van der Waals surface area contributed by atoms with Crippen molar-refractivity contribution < 1.29 is 13.5 Å². The second-order valence-electron chi connectivity index (χ2n) is 3.05. The SMILES string of the molecule is C[C](C)c1cc(Br)cc(OC(F)F)c1. The van der Waals surface area contributed by atoms with Crippen LogP contribution < -0.4 is 4.74 Å². The molecule has 0 spiro atoms. The molecule has 4 heteroatoms. The van der Waals surface area contributed by atoms with E-state index in [-0.39, 0.29) is 5.75 Å². The van der Waals surface area contributed by atoms with E-state index in [4.69, 9.17) is 0 Å². The zero-order valence-corrected chi connectivity index (χ0v) is 9.44. The van der Waals surface area contributed by atoms with Crippen LogP contribution in [0.5, 0.6) is 5.75 Å². The molecule has 0 atom stereocenters. The molecule has 0 unspecified atom stereocenters. The number of halogens is 3. The first-order chi connectivity index (χ1) is 6.49. The fourth-order valence-electron chi connectivity index (χ4n) is 1.02. The molecule has 1 aromatic carbocycles. The first-order valence-corrected chi connectivity index (χ1v) is 4.84. The smallest absolute Gasteiger partial charge is 0.387 e. The molecule has 0 aliphatic heterocycles. The second kappa shape index (κ2) is 4.73. The summed E-state index contributed by atoms with van der Waals surface area (Å²) in [6.07, 6.45) is 0. The molecule has 1 aromatic rings. The molecule has 1 rings (SSSR count). The zero-order valence-electron chi connectivity index (χ0n) is 7.85. The van der Waals surface area contributed by atoms with Gasteiger partial charge in [0.05, 0.1) is 0 Å². The highest BCUT2D eigenvalue weighted by molar-refractivity contribution is 9.10. The summed E-state index contributed by atoms with van der Waals surface area (Å²) in [4.78, 5) is 0. The maximum absolute atomic E-state index is 11.9. The van der Waals surface area contributed by atoms with Crippen molar-refractivity contribution in [2.45, 2.75) is 20.5 Å². The van der Waals surface area contributed by atoms with Crippen molar-refractivity contribution in [3.63, 3.8) is 0 Å². The first-order valence-electron chi connectivity index (χ1n) is 4.05. The average molecular weight is 264 g/mol. The summed E-state index contributed by atoms with van der Waals surface area (Å²) >= 11 is 3.23. The maximum Gasteiger partial charge on any atom is 0.387 e. The molecule has 0 saturated carbocycles. The lowest BCUT2D eigenvalue weighted by molar-refractivity contribution is -0.0499. The third kappa shape index (κ3) is 3.25. The predicted octanol–water partition coefficient (Wildman–Crippen LogP) is 4.01. The quantitative estimate of drug-likeness (QED) is 0.801. The van der Waals surface area contributed by atoms with Crippen LogP contribution in [0.3, 0.4) is 0 Å². The van der Waals surface area contributed by atoms with Gasteiger partial charge < -0.3 is 4.74 Å². The fraction of sp³-hybridized carbons (Fsp3) is 0.300. The normalized spacial score (nSPS) is 11.1. The van der Waals surface area contributed by atoms with E-state index in [1.807, 2.05) is 19.9 Å². The van der Waals surface area contributed by atoms with Crippen LogP contribution in [0.1, 0.15) is 19.4 Å². The Morgan fingerprint density at radius 3 is 2.43 bits per heavy atom. The molecule has 0 bridgehead atoms. The average Bonchev–Trinajstić information content (AvgIpc) is 2.01. The van der Waals surface area contributed by atoms with Crippen LogP contribution in [0.2, 0.25) is 0 Å². The van der Waals surface area contributed by atoms with Crippen LogP contribution in [-0.4, -0.2) is 6.61 Å². The molecule has 77 valence electrons. The minimum absolute atomic E-state index is 0.172. The van der Waals surface area contributed by atoms with Gasteiger partial charge in [-0.1, -0.05) is 29.8 Å². The van der Waals surface area contributed by atoms with Crippen LogP contribution in [0.15, 0.2) is 22.7 Å². The predicted molar refractivity (Wildman–Crippen MR) is 54.5 cm³/mol. The van der Waals surface area contributed by atoms with E-state index in [9.17, 15) is 8.78 Å². The van der Waals surface area contributed by atoms with Crippen LogP contribution in [0, 0.1) is 5.92 Å². The molecule has 0 amide bonds. The van der Waals surface area contributed by atoms with E-state index in [1.165, 1.54) is 6.07 Å². The monoisotopic (exact) mass is 263 g/mol. The number of alkyl halides is 2. The van der Waals surface area contributed by atoms with Gasteiger partial charge in [0.25, 0.3) is 0 Å². The van der Waals surface area contributed by atoms with Crippen molar-refractivity contribution in [1.29, 1.82) is 0 Å². The Morgan fingerprint density at radius 1 is 1.29 bits per heavy atom. The summed E-state index contributed by atoms with van der Waals surface area (Å²) < 4.78 is 28.9. The Bertz CT molecular complexity index is 313. The number of benzene rings is 1. The lowest BCUT2D eigenvalue weighted by Gasteiger charge is -2.09. The summed E-state index contributed by atoms with van der Waals surface area (Å²) in [5.41, 5.74) is 0.884. The van der Waals surface area contributed by atoms with Crippen molar-refractivity contribution in [1.82, 2.24) is 0 Å². The fourth-order valence-corrected chi connectivity index (χ4v) is 1.49. The summed E-state index contributed by atoms with van der Waals surface area (Å²) in [7, 11) is 0. The van der Waals surface area contributed by atoms with Crippen LogP contribution >= 0.6 is 15.9 Å². The first kappa shape index (κ1) is 11.4. The molecule has 0 saturated heterocycles. The minimum Gasteiger partial charge on any atom is -0.435 e. The second-order valence-corrected chi connectivity index (χ2v) is 3.97. The summed E-state index contributed by atoms with van der Waals surface area (Å²) in [5, 5.41) is 0. The van der Waals surface area contributed by atoms with Crippen LogP contribution in [-0.2, 0) is 0 Å². The number of ether oxygens (including phenoxy) is 1. The van der Waals surface area contributed by atoms with Gasteiger partial charge in [-0.25, -0.2) is 0 Å². The zero-order chi connectivity index (χ0) is 10.7. The molecule has 0 heterocycles. The van der Waals surface area contributed by atoms with E-state index < -0.39 is 6.61 Å². The molecular weight excluding hydrogens is 254 g/mol. The van der Waals surface area contributed by atoms with Gasteiger partial charge in [-0.05, 0) is 29.7 Å². The van der Waals surface area contributed by atoms with Gasteiger partial charge in [0, 0.05) is 4.47 Å². The van der Waals surface area contributed by atoms with E-state index in [0.29, 0.717) is 0 Å². The lowest BCUT2D eigenvalue weighted by Crippen LogP contribution is -2.02. The largest absolute Gasteiger partial charge is 0.435 e.